The Morgan fingerprint density at radius 3 is 2.33 bits per heavy atom. The third-order valence-electron chi connectivity index (χ3n) is 7.18. The molecule has 0 spiro atoms. The van der Waals surface area contributed by atoms with Crippen LogP contribution in [0.25, 0.3) is 11.0 Å². The van der Waals surface area contributed by atoms with Crippen molar-refractivity contribution < 1.29 is 23.2 Å². The number of halogens is 1. The molecule has 4 heterocycles. The number of aromatic nitrogens is 1. The lowest BCUT2D eigenvalue weighted by Gasteiger charge is -2.47. The number of carbonyl (C=O) groups excluding carboxylic acids is 2. The molecule has 0 saturated carbocycles. The highest BCUT2D eigenvalue weighted by Gasteiger charge is 2.47. The molecule has 0 N–H and O–H groups in total. The smallest absolute Gasteiger partial charge is 0.261 e. The van der Waals surface area contributed by atoms with Crippen molar-refractivity contribution in [2.75, 3.05) is 39.4 Å². The number of carbonyl (C=O) groups is 2. The third kappa shape index (κ3) is 3.45. The van der Waals surface area contributed by atoms with Crippen molar-refractivity contribution in [3.63, 3.8) is 0 Å². The number of benzene rings is 2. The van der Waals surface area contributed by atoms with Crippen LogP contribution >= 0.6 is 0 Å². The van der Waals surface area contributed by atoms with Gasteiger partial charge in [-0.1, -0.05) is 17.3 Å². The first kappa shape index (κ1) is 20.5. The fourth-order valence-corrected chi connectivity index (χ4v) is 5.41. The Hall–Kier alpha value is -3.10. The van der Waals surface area contributed by atoms with Crippen LogP contribution in [0.2, 0.25) is 0 Å². The number of hydrogen-bond acceptors (Lipinski definition) is 6. The quantitative estimate of drug-likeness (QED) is 0.556. The summed E-state index contributed by atoms with van der Waals surface area (Å²) in [6.07, 6.45) is 1.84. The standard InChI is InChI=1S/C25H24FN3O4/c26-17-5-6-20-21(11-17)33-27-22(20)16-7-9-28(10-8-16)12-25(14-32-15-25)13-29-23(30)18-3-1-2-4-19(18)24(29)31/h1-6,11,16H,7-10,12-15H2. The minimum Gasteiger partial charge on any atom is -0.380 e. The number of nitrogens with zero attached hydrogens (tertiary/aromatic N) is 3. The number of fused-ring (bicyclic) bond motifs is 2. The van der Waals surface area contributed by atoms with Gasteiger partial charge in [0, 0.05) is 35.9 Å². The zero-order valence-corrected chi connectivity index (χ0v) is 18.1. The molecule has 2 aromatic carbocycles. The Kier molecular flexibility index (Phi) is 4.81. The van der Waals surface area contributed by atoms with Gasteiger partial charge in [0.25, 0.3) is 11.8 Å². The van der Waals surface area contributed by atoms with Gasteiger partial charge in [-0.15, -0.1) is 0 Å². The molecule has 0 radical (unpaired) electrons. The zero-order valence-electron chi connectivity index (χ0n) is 18.1. The average Bonchev–Trinajstić information content (AvgIpc) is 3.32. The summed E-state index contributed by atoms with van der Waals surface area (Å²) in [6, 6.07) is 11.6. The summed E-state index contributed by atoms with van der Waals surface area (Å²) in [4.78, 5) is 29.4. The molecule has 0 atom stereocenters. The summed E-state index contributed by atoms with van der Waals surface area (Å²) in [7, 11) is 0. The number of imide groups is 1. The summed E-state index contributed by atoms with van der Waals surface area (Å²) >= 11 is 0. The van der Waals surface area contributed by atoms with E-state index in [1.807, 2.05) is 0 Å². The highest BCUT2D eigenvalue weighted by atomic mass is 19.1. The van der Waals surface area contributed by atoms with Gasteiger partial charge in [-0.25, -0.2) is 4.39 Å². The summed E-state index contributed by atoms with van der Waals surface area (Å²) in [5.41, 5.74) is 2.12. The fourth-order valence-electron chi connectivity index (χ4n) is 5.41. The van der Waals surface area contributed by atoms with E-state index in [-0.39, 0.29) is 29.0 Å². The molecule has 8 heteroatoms. The predicted octanol–water partition coefficient (Wildman–Crippen LogP) is 3.46. The second kappa shape index (κ2) is 7.74. The van der Waals surface area contributed by atoms with Crippen molar-refractivity contribution in [2.45, 2.75) is 18.8 Å². The number of piperidine rings is 1. The molecule has 1 aromatic heterocycles. The van der Waals surface area contributed by atoms with Gasteiger partial charge in [0.15, 0.2) is 5.58 Å². The summed E-state index contributed by atoms with van der Waals surface area (Å²) in [5, 5.41) is 5.11. The van der Waals surface area contributed by atoms with Crippen LogP contribution in [0.1, 0.15) is 45.2 Å². The monoisotopic (exact) mass is 449 g/mol. The summed E-state index contributed by atoms with van der Waals surface area (Å²) in [6.45, 7) is 3.99. The van der Waals surface area contributed by atoms with Crippen LogP contribution in [0.5, 0.6) is 0 Å². The van der Waals surface area contributed by atoms with Gasteiger partial charge in [0.2, 0.25) is 0 Å². The minimum atomic E-state index is -0.328. The molecule has 170 valence electrons. The molecule has 7 nitrogen and oxygen atoms in total. The van der Waals surface area contributed by atoms with Crippen LogP contribution in [0.3, 0.4) is 0 Å². The molecule has 2 fully saturated rings. The molecule has 6 rings (SSSR count). The largest absolute Gasteiger partial charge is 0.380 e. The molecule has 0 aliphatic carbocycles. The SMILES string of the molecule is O=C1c2ccccc2C(=O)N1CC1(CN2CCC(c3noc4cc(F)ccc34)CC2)COC1. The first-order valence-corrected chi connectivity index (χ1v) is 11.3. The van der Waals surface area contributed by atoms with Crippen molar-refractivity contribution >= 4 is 22.8 Å². The van der Waals surface area contributed by atoms with E-state index >= 15 is 0 Å². The Balaban J connectivity index is 1.12. The van der Waals surface area contributed by atoms with Gasteiger partial charge in [-0.2, -0.15) is 0 Å². The van der Waals surface area contributed by atoms with E-state index < -0.39 is 0 Å². The molecule has 3 aromatic rings. The topological polar surface area (TPSA) is 75.9 Å². The van der Waals surface area contributed by atoms with Crippen molar-refractivity contribution in [3.05, 3.63) is 65.1 Å². The number of ether oxygens (including phenoxy) is 1. The van der Waals surface area contributed by atoms with Crippen molar-refractivity contribution in [3.8, 4) is 0 Å². The van der Waals surface area contributed by atoms with Crippen molar-refractivity contribution in [1.82, 2.24) is 15.0 Å². The number of hydrogen-bond donors (Lipinski definition) is 0. The van der Waals surface area contributed by atoms with E-state index in [2.05, 4.69) is 10.1 Å². The maximum Gasteiger partial charge on any atom is 0.261 e. The van der Waals surface area contributed by atoms with E-state index in [4.69, 9.17) is 9.26 Å². The summed E-state index contributed by atoms with van der Waals surface area (Å²) in [5.74, 6) is -0.492. The first-order valence-electron chi connectivity index (χ1n) is 11.3. The second-order valence-corrected chi connectivity index (χ2v) is 9.49. The third-order valence-corrected chi connectivity index (χ3v) is 7.18. The maximum absolute atomic E-state index is 13.5. The highest BCUT2D eigenvalue weighted by Crippen LogP contribution is 2.37. The normalized spacial score (nSPS) is 20.9. The van der Waals surface area contributed by atoms with Crippen LogP contribution in [-0.4, -0.2) is 66.2 Å². The van der Waals surface area contributed by atoms with E-state index in [0.717, 1.165) is 43.6 Å². The lowest BCUT2D eigenvalue weighted by Crippen LogP contribution is -2.58. The lowest BCUT2D eigenvalue weighted by molar-refractivity contribution is -0.133. The molecule has 3 aliphatic heterocycles. The minimum absolute atomic E-state index is 0.213. The Bertz CT molecular complexity index is 1210. The fraction of sp³-hybridized carbons (Fsp3) is 0.400. The first-order chi connectivity index (χ1) is 16.0. The molecular formula is C25H24FN3O4. The van der Waals surface area contributed by atoms with Crippen molar-refractivity contribution in [2.24, 2.45) is 5.41 Å². The van der Waals surface area contributed by atoms with Crippen LogP contribution in [-0.2, 0) is 4.74 Å². The Morgan fingerprint density at radius 1 is 1.00 bits per heavy atom. The number of amides is 2. The molecular weight excluding hydrogens is 425 g/mol. The molecule has 0 unspecified atom stereocenters. The van der Waals surface area contributed by atoms with Crippen LogP contribution in [0.15, 0.2) is 47.0 Å². The van der Waals surface area contributed by atoms with Crippen LogP contribution in [0.4, 0.5) is 4.39 Å². The lowest BCUT2D eigenvalue weighted by atomic mass is 9.83. The van der Waals surface area contributed by atoms with E-state index in [0.29, 0.717) is 36.5 Å². The highest BCUT2D eigenvalue weighted by molar-refractivity contribution is 6.21. The van der Waals surface area contributed by atoms with Crippen molar-refractivity contribution in [1.29, 1.82) is 0 Å². The Labute approximate surface area is 190 Å². The van der Waals surface area contributed by atoms with Gasteiger partial charge in [0.05, 0.1) is 30.0 Å². The van der Waals surface area contributed by atoms with E-state index in [1.165, 1.54) is 17.0 Å². The molecule has 2 saturated heterocycles. The molecule has 2 amide bonds. The van der Waals surface area contributed by atoms with Gasteiger partial charge in [-0.3, -0.25) is 14.5 Å². The van der Waals surface area contributed by atoms with Crippen LogP contribution < -0.4 is 0 Å². The zero-order chi connectivity index (χ0) is 22.6. The molecule has 0 bridgehead atoms. The Morgan fingerprint density at radius 2 is 1.70 bits per heavy atom. The number of rotatable bonds is 5. The van der Waals surface area contributed by atoms with Gasteiger partial charge >= 0.3 is 0 Å². The number of likely N-dealkylation sites (tertiary alicyclic amines) is 1. The summed E-state index contributed by atoms with van der Waals surface area (Å²) < 4.78 is 24.4. The van der Waals surface area contributed by atoms with Crippen LogP contribution in [0, 0.1) is 11.2 Å². The van der Waals surface area contributed by atoms with Gasteiger partial charge in [0.1, 0.15) is 5.82 Å². The predicted molar refractivity (Wildman–Crippen MR) is 117 cm³/mol. The average molecular weight is 449 g/mol. The molecule has 3 aliphatic rings. The van der Waals surface area contributed by atoms with Gasteiger partial charge in [-0.05, 0) is 50.2 Å². The maximum atomic E-state index is 13.5. The molecule has 33 heavy (non-hydrogen) atoms. The van der Waals surface area contributed by atoms with E-state index in [1.54, 1.807) is 30.3 Å². The van der Waals surface area contributed by atoms with Gasteiger partial charge < -0.3 is 14.2 Å². The second-order valence-electron chi connectivity index (χ2n) is 9.49. The van der Waals surface area contributed by atoms with E-state index in [9.17, 15) is 14.0 Å².